The van der Waals surface area contributed by atoms with Crippen LogP contribution >= 0.6 is 0 Å². The van der Waals surface area contributed by atoms with Crippen LogP contribution in [-0.2, 0) is 5.41 Å². The second kappa shape index (κ2) is 8.21. The Labute approximate surface area is 130 Å². The lowest BCUT2D eigenvalue weighted by Crippen LogP contribution is -2.32. The van der Waals surface area contributed by atoms with Gasteiger partial charge in [0.15, 0.2) is 0 Å². The number of rotatable bonds is 7. The summed E-state index contributed by atoms with van der Waals surface area (Å²) in [5, 5.41) is 3.09. The number of carbonyl (C=O) groups excluding carboxylic acids is 1. The molecule has 0 saturated carbocycles. The summed E-state index contributed by atoms with van der Waals surface area (Å²) in [5.74, 6) is 0.0402. The monoisotopic (exact) mass is 289 g/mol. The largest absolute Gasteiger partial charge is 0.350 e. The van der Waals surface area contributed by atoms with E-state index in [4.69, 9.17) is 0 Å². The molecule has 21 heavy (non-hydrogen) atoms. The van der Waals surface area contributed by atoms with Gasteiger partial charge in [-0.15, -0.1) is 0 Å². The topological polar surface area (TPSA) is 29.1 Å². The van der Waals surface area contributed by atoms with E-state index in [-0.39, 0.29) is 17.4 Å². The molecule has 118 valence electrons. The molecule has 1 unspecified atom stereocenters. The van der Waals surface area contributed by atoms with Crippen molar-refractivity contribution >= 4 is 5.91 Å². The summed E-state index contributed by atoms with van der Waals surface area (Å²) < 4.78 is 0. The van der Waals surface area contributed by atoms with Gasteiger partial charge in [-0.2, -0.15) is 0 Å². The van der Waals surface area contributed by atoms with Crippen molar-refractivity contribution in [2.75, 3.05) is 0 Å². The fraction of sp³-hybridized carbons (Fsp3) is 0.632. The Morgan fingerprint density at radius 3 is 2.24 bits per heavy atom. The van der Waals surface area contributed by atoms with Gasteiger partial charge in [0.2, 0.25) is 0 Å². The summed E-state index contributed by atoms with van der Waals surface area (Å²) >= 11 is 0. The number of benzene rings is 1. The third-order valence-electron chi connectivity index (χ3n) is 3.88. The molecule has 1 N–H and O–H groups in total. The predicted molar refractivity (Wildman–Crippen MR) is 90.8 cm³/mol. The number of carbonyl (C=O) groups is 1. The van der Waals surface area contributed by atoms with Crippen LogP contribution in [0.5, 0.6) is 0 Å². The molecule has 1 atom stereocenters. The van der Waals surface area contributed by atoms with E-state index in [0.717, 1.165) is 12.0 Å². The highest BCUT2D eigenvalue weighted by Gasteiger charge is 2.15. The number of amides is 1. The van der Waals surface area contributed by atoms with Crippen molar-refractivity contribution in [2.24, 2.45) is 0 Å². The van der Waals surface area contributed by atoms with Gasteiger partial charge in [0.25, 0.3) is 5.91 Å². The molecule has 2 heteroatoms. The number of nitrogens with one attached hydrogen (secondary N) is 1. The van der Waals surface area contributed by atoms with Crippen LogP contribution in [0, 0.1) is 0 Å². The van der Waals surface area contributed by atoms with Gasteiger partial charge in [-0.1, -0.05) is 65.5 Å². The third-order valence-corrected chi connectivity index (χ3v) is 3.88. The highest BCUT2D eigenvalue weighted by molar-refractivity contribution is 5.94. The highest BCUT2D eigenvalue weighted by Crippen LogP contribution is 2.22. The SMILES string of the molecule is CCCCCCC(C)NC(=O)c1ccc(C(C)(C)C)cc1. The van der Waals surface area contributed by atoms with Crippen LogP contribution in [0.4, 0.5) is 0 Å². The normalized spacial score (nSPS) is 13.0. The van der Waals surface area contributed by atoms with Gasteiger partial charge < -0.3 is 5.32 Å². The molecule has 1 amide bonds. The van der Waals surface area contributed by atoms with Gasteiger partial charge in [0, 0.05) is 11.6 Å². The molecule has 0 aliphatic heterocycles. The van der Waals surface area contributed by atoms with Crippen LogP contribution in [0.15, 0.2) is 24.3 Å². The molecule has 1 aromatic rings. The quantitative estimate of drug-likeness (QED) is 0.697. The van der Waals surface area contributed by atoms with E-state index < -0.39 is 0 Å². The van der Waals surface area contributed by atoms with Crippen LogP contribution in [0.2, 0.25) is 0 Å². The lowest BCUT2D eigenvalue weighted by atomic mass is 9.86. The van der Waals surface area contributed by atoms with Crippen LogP contribution in [0.25, 0.3) is 0 Å². The minimum atomic E-state index is 0.0402. The Balaban J connectivity index is 2.48. The van der Waals surface area contributed by atoms with E-state index in [1.807, 2.05) is 12.1 Å². The second-order valence-corrected chi connectivity index (χ2v) is 7.05. The zero-order chi connectivity index (χ0) is 15.9. The fourth-order valence-electron chi connectivity index (χ4n) is 2.38. The van der Waals surface area contributed by atoms with Gasteiger partial charge in [-0.25, -0.2) is 0 Å². The first kappa shape index (κ1) is 17.7. The van der Waals surface area contributed by atoms with Crippen LogP contribution in [0.3, 0.4) is 0 Å². The summed E-state index contributed by atoms with van der Waals surface area (Å²) in [6.07, 6.45) is 6.05. The average molecular weight is 289 g/mol. The summed E-state index contributed by atoms with van der Waals surface area (Å²) in [5.41, 5.74) is 2.14. The summed E-state index contributed by atoms with van der Waals surface area (Å²) in [6.45, 7) is 10.8. The Morgan fingerprint density at radius 2 is 1.71 bits per heavy atom. The molecular formula is C19H31NO. The van der Waals surface area contributed by atoms with Gasteiger partial charge in [-0.05, 0) is 36.5 Å². The Morgan fingerprint density at radius 1 is 1.10 bits per heavy atom. The van der Waals surface area contributed by atoms with Crippen molar-refractivity contribution in [1.29, 1.82) is 0 Å². The van der Waals surface area contributed by atoms with Gasteiger partial charge in [0.1, 0.15) is 0 Å². The van der Waals surface area contributed by atoms with E-state index in [1.54, 1.807) is 0 Å². The van der Waals surface area contributed by atoms with E-state index >= 15 is 0 Å². The third kappa shape index (κ3) is 6.33. The minimum absolute atomic E-state index is 0.0402. The van der Waals surface area contributed by atoms with Crippen LogP contribution in [-0.4, -0.2) is 11.9 Å². The van der Waals surface area contributed by atoms with Crippen molar-refractivity contribution in [1.82, 2.24) is 5.32 Å². The van der Waals surface area contributed by atoms with Gasteiger partial charge in [0.05, 0.1) is 0 Å². The van der Waals surface area contributed by atoms with Gasteiger partial charge in [-0.3, -0.25) is 4.79 Å². The molecule has 0 saturated heterocycles. The second-order valence-electron chi connectivity index (χ2n) is 7.05. The molecular weight excluding hydrogens is 258 g/mol. The Hall–Kier alpha value is -1.31. The van der Waals surface area contributed by atoms with Crippen molar-refractivity contribution in [3.8, 4) is 0 Å². The van der Waals surface area contributed by atoms with Crippen molar-refractivity contribution < 1.29 is 4.79 Å². The molecule has 0 spiro atoms. The minimum Gasteiger partial charge on any atom is -0.350 e. The molecule has 2 nitrogen and oxygen atoms in total. The molecule has 1 aromatic carbocycles. The number of hydrogen-bond donors (Lipinski definition) is 1. The van der Waals surface area contributed by atoms with Crippen molar-refractivity contribution in [3.63, 3.8) is 0 Å². The van der Waals surface area contributed by atoms with E-state index in [0.29, 0.717) is 0 Å². The van der Waals surface area contributed by atoms with Crippen LogP contribution in [0.1, 0.15) is 82.6 Å². The lowest BCUT2D eigenvalue weighted by Gasteiger charge is -2.19. The average Bonchev–Trinajstić information content (AvgIpc) is 2.43. The lowest BCUT2D eigenvalue weighted by molar-refractivity contribution is 0.0938. The Bertz CT molecular complexity index is 428. The summed E-state index contributed by atoms with van der Waals surface area (Å²) in [4.78, 5) is 12.2. The first-order valence-electron chi connectivity index (χ1n) is 8.26. The van der Waals surface area contributed by atoms with Crippen molar-refractivity contribution in [2.45, 2.75) is 78.2 Å². The maximum Gasteiger partial charge on any atom is 0.251 e. The molecule has 0 bridgehead atoms. The highest BCUT2D eigenvalue weighted by atomic mass is 16.1. The summed E-state index contributed by atoms with van der Waals surface area (Å²) in [6, 6.07) is 8.22. The van der Waals surface area contributed by atoms with Gasteiger partial charge >= 0.3 is 0 Å². The fourth-order valence-corrected chi connectivity index (χ4v) is 2.38. The van der Waals surface area contributed by atoms with Crippen molar-refractivity contribution in [3.05, 3.63) is 35.4 Å². The summed E-state index contributed by atoms with van der Waals surface area (Å²) in [7, 11) is 0. The van der Waals surface area contributed by atoms with E-state index in [2.05, 4.69) is 52.1 Å². The molecule has 0 fully saturated rings. The van der Waals surface area contributed by atoms with Crippen LogP contribution < -0.4 is 5.32 Å². The zero-order valence-corrected chi connectivity index (χ0v) is 14.3. The first-order valence-corrected chi connectivity index (χ1v) is 8.26. The number of unbranched alkanes of at least 4 members (excludes halogenated alkanes) is 3. The standard InChI is InChI=1S/C19H31NO/c1-6-7-8-9-10-15(2)20-18(21)16-11-13-17(14-12-16)19(3,4)5/h11-15H,6-10H2,1-5H3,(H,20,21). The maximum absolute atomic E-state index is 12.2. The Kier molecular flexibility index (Phi) is 6.94. The van der Waals surface area contributed by atoms with E-state index in [9.17, 15) is 4.79 Å². The predicted octanol–water partition coefficient (Wildman–Crippen LogP) is 5.07. The van der Waals surface area contributed by atoms with E-state index in [1.165, 1.54) is 31.2 Å². The molecule has 0 aromatic heterocycles. The smallest absolute Gasteiger partial charge is 0.251 e. The zero-order valence-electron chi connectivity index (χ0n) is 14.3. The maximum atomic E-state index is 12.2. The molecule has 0 heterocycles. The number of hydrogen-bond acceptors (Lipinski definition) is 1. The molecule has 0 aliphatic carbocycles. The first-order chi connectivity index (χ1) is 9.84. The molecule has 0 aliphatic rings. The molecule has 1 rings (SSSR count). The molecule has 0 radical (unpaired) electrons.